The van der Waals surface area contributed by atoms with Crippen LogP contribution in [0.4, 0.5) is 8.78 Å². The zero-order valence-electron chi connectivity index (χ0n) is 18.9. The summed E-state index contributed by atoms with van der Waals surface area (Å²) in [6.45, 7) is 8.17. The molecule has 0 N–H and O–H groups in total. The fraction of sp³-hybridized carbons (Fsp3) is 0.400. The first-order chi connectivity index (χ1) is 15.2. The summed E-state index contributed by atoms with van der Waals surface area (Å²) in [5, 5.41) is 4.01. The first-order valence-corrected chi connectivity index (χ1v) is 10.8. The van der Waals surface area contributed by atoms with E-state index in [1.165, 1.54) is 24.3 Å². The summed E-state index contributed by atoms with van der Waals surface area (Å²) in [6.07, 6.45) is 1.10. The van der Waals surface area contributed by atoms with Gasteiger partial charge in [0.1, 0.15) is 11.6 Å². The average molecular weight is 442 g/mol. The Bertz CT molecular complexity index is 1040. The summed E-state index contributed by atoms with van der Waals surface area (Å²) in [6, 6.07) is 12.1. The van der Waals surface area contributed by atoms with E-state index in [4.69, 9.17) is 4.52 Å². The monoisotopic (exact) mass is 441 g/mol. The van der Waals surface area contributed by atoms with E-state index in [1.54, 1.807) is 29.2 Å². The number of aryl methyl sites for hydroxylation is 1. The zero-order valence-corrected chi connectivity index (χ0v) is 18.9. The van der Waals surface area contributed by atoms with Gasteiger partial charge in [-0.3, -0.25) is 4.79 Å². The van der Waals surface area contributed by atoms with Crippen LogP contribution in [0.3, 0.4) is 0 Å². The van der Waals surface area contributed by atoms with Crippen molar-refractivity contribution in [2.75, 3.05) is 0 Å². The Morgan fingerprint density at radius 3 is 2.41 bits per heavy atom. The second-order valence-electron chi connectivity index (χ2n) is 8.89. The first kappa shape index (κ1) is 23.6. The maximum Gasteiger partial charge on any atom is 0.227 e. The van der Waals surface area contributed by atoms with E-state index in [0.29, 0.717) is 30.1 Å². The van der Waals surface area contributed by atoms with Crippen LogP contribution in [0.15, 0.2) is 53.1 Å². The van der Waals surface area contributed by atoms with Gasteiger partial charge < -0.3 is 9.42 Å². The molecule has 170 valence electrons. The molecule has 0 aliphatic carbocycles. The van der Waals surface area contributed by atoms with Gasteiger partial charge >= 0.3 is 0 Å². The predicted molar refractivity (Wildman–Crippen MR) is 118 cm³/mol. The summed E-state index contributed by atoms with van der Waals surface area (Å²) in [7, 11) is 0. The molecule has 0 fully saturated rings. The van der Waals surface area contributed by atoms with Crippen LogP contribution < -0.4 is 0 Å². The number of carbonyl (C=O) groups excluding carboxylic acids is 1. The second kappa shape index (κ2) is 10.0. The van der Waals surface area contributed by atoms with Crippen LogP contribution in [0, 0.1) is 11.6 Å². The molecular formula is C25H29F2N3O2. The highest BCUT2D eigenvalue weighted by Crippen LogP contribution is 2.28. The maximum atomic E-state index is 13.8. The number of halogens is 2. The number of hydrogen-bond acceptors (Lipinski definition) is 4. The molecule has 2 aromatic carbocycles. The summed E-state index contributed by atoms with van der Waals surface area (Å²) in [5.41, 5.74) is 1.27. The van der Waals surface area contributed by atoms with Crippen molar-refractivity contribution in [3.63, 3.8) is 0 Å². The van der Waals surface area contributed by atoms with Gasteiger partial charge in [-0.2, -0.15) is 4.98 Å². The molecule has 32 heavy (non-hydrogen) atoms. The molecule has 0 bridgehead atoms. The number of rotatable bonds is 8. The third kappa shape index (κ3) is 5.99. The van der Waals surface area contributed by atoms with Gasteiger partial charge in [-0.25, -0.2) is 8.78 Å². The quantitative estimate of drug-likeness (QED) is 0.446. The lowest BCUT2D eigenvalue weighted by Gasteiger charge is -2.32. The maximum absolute atomic E-state index is 13.8. The van der Waals surface area contributed by atoms with E-state index in [2.05, 4.69) is 10.1 Å². The third-order valence-corrected chi connectivity index (χ3v) is 5.27. The van der Waals surface area contributed by atoms with Gasteiger partial charge in [-0.1, -0.05) is 57.1 Å². The van der Waals surface area contributed by atoms with E-state index in [-0.39, 0.29) is 42.0 Å². The molecule has 0 spiro atoms. The number of aromatic nitrogens is 2. The minimum Gasteiger partial charge on any atom is -0.339 e. The van der Waals surface area contributed by atoms with Crippen LogP contribution in [0.2, 0.25) is 0 Å². The molecule has 3 rings (SSSR count). The topological polar surface area (TPSA) is 59.2 Å². The van der Waals surface area contributed by atoms with E-state index >= 15 is 0 Å². The molecule has 1 amide bonds. The Hall–Kier alpha value is -3.09. The summed E-state index contributed by atoms with van der Waals surface area (Å²) in [4.78, 5) is 19.4. The average Bonchev–Trinajstić information content (AvgIpc) is 3.23. The number of hydrogen-bond donors (Lipinski definition) is 0. The van der Waals surface area contributed by atoms with Crippen LogP contribution in [-0.2, 0) is 23.2 Å². The van der Waals surface area contributed by atoms with Crippen LogP contribution in [0.25, 0.3) is 0 Å². The lowest BCUT2D eigenvalue weighted by Crippen LogP contribution is -2.34. The standard InChI is InChI=1S/C25H29F2N3O2/c1-5-21(18-9-11-19(26)12-10-18)30(16-17-7-6-8-20(27)15-17)23(31)14-13-22-28-24(29-32-22)25(2,3)4/h6-12,15,21H,5,13-14,16H2,1-4H3. The third-order valence-electron chi connectivity index (χ3n) is 5.27. The predicted octanol–water partition coefficient (Wildman–Crippen LogP) is 5.76. The Labute approximate surface area is 187 Å². The highest BCUT2D eigenvalue weighted by molar-refractivity contribution is 5.77. The molecule has 0 saturated heterocycles. The van der Waals surface area contributed by atoms with Crippen molar-refractivity contribution in [1.29, 1.82) is 0 Å². The van der Waals surface area contributed by atoms with Crippen molar-refractivity contribution < 1.29 is 18.1 Å². The largest absolute Gasteiger partial charge is 0.339 e. The number of amides is 1. The minimum absolute atomic E-state index is 0.124. The highest BCUT2D eigenvalue weighted by atomic mass is 19.1. The van der Waals surface area contributed by atoms with Crippen molar-refractivity contribution in [1.82, 2.24) is 15.0 Å². The molecule has 7 heteroatoms. The van der Waals surface area contributed by atoms with E-state index in [0.717, 1.165) is 5.56 Å². The van der Waals surface area contributed by atoms with Crippen LogP contribution >= 0.6 is 0 Å². The number of benzene rings is 2. The molecule has 1 heterocycles. The van der Waals surface area contributed by atoms with Crippen LogP contribution in [0.5, 0.6) is 0 Å². The molecule has 1 atom stereocenters. The Morgan fingerprint density at radius 1 is 1.09 bits per heavy atom. The van der Waals surface area contributed by atoms with Gasteiger partial charge in [0.05, 0.1) is 6.04 Å². The smallest absolute Gasteiger partial charge is 0.227 e. The number of carbonyl (C=O) groups is 1. The Kier molecular flexibility index (Phi) is 7.38. The molecule has 0 aliphatic rings. The zero-order chi connectivity index (χ0) is 23.3. The van der Waals surface area contributed by atoms with Gasteiger partial charge in [-0.05, 0) is 41.8 Å². The van der Waals surface area contributed by atoms with Gasteiger partial charge in [-0.15, -0.1) is 0 Å². The first-order valence-electron chi connectivity index (χ1n) is 10.8. The van der Waals surface area contributed by atoms with Crippen molar-refractivity contribution in [3.8, 4) is 0 Å². The molecule has 1 aromatic heterocycles. The van der Waals surface area contributed by atoms with E-state index in [1.807, 2.05) is 27.7 Å². The molecule has 5 nitrogen and oxygen atoms in total. The Morgan fingerprint density at radius 2 is 1.81 bits per heavy atom. The summed E-state index contributed by atoms with van der Waals surface area (Å²) < 4.78 is 32.5. The van der Waals surface area contributed by atoms with Crippen molar-refractivity contribution in [3.05, 3.63) is 83.0 Å². The van der Waals surface area contributed by atoms with Crippen molar-refractivity contribution in [2.24, 2.45) is 0 Å². The van der Waals surface area contributed by atoms with Gasteiger partial charge in [0.25, 0.3) is 0 Å². The molecule has 3 aromatic rings. The normalized spacial score (nSPS) is 12.6. The van der Waals surface area contributed by atoms with Crippen molar-refractivity contribution >= 4 is 5.91 Å². The lowest BCUT2D eigenvalue weighted by molar-refractivity contribution is -0.134. The molecular weight excluding hydrogens is 412 g/mol. The van der Waals surface area contributed by atoms with Gasteiger partial charge in [0, 0.05) is 24.8 Å². The molecule has 1 unspecified atom stereocenters. The fourth-order valence-electron chi connectivity index (χ4n) is 3.54. The number of nitrogens with zero attached hydrogens (tertiary/aromatic N) is 3. The lowest BCUT2D eigenvalue weighted by atomic mass is 9.96. The minimum atomic E-state index is -0.356. The Balaban J connectivity index is 1.82. The molecule has 0 saturated carbocycles. The van der Waals surface area contributed by atoms with Crippen LogP contribution in [-0.4, -0.2) is 20.9 Å². The van der Waals surface area contributed by atoms with E-state index < -0.39 is 0 Å². The second-order valence-corrected chi connectivity index (χ2v) is 8.89. The van der Waals surface area contributed by atoms with E-state index in [9.17, 15) is 13.6 Å². The molecule has 0 radical (unpaired) electrons. The fourth-order valence-corrected chi connectivity index (χ4v) is 3.54. The summed E-state index contributed by atoms with van der Waals surface area (Å²) >= 11 is 0. The summed E-state index contributed by atoms with van der Waals surface area (Å²) in [5.74, 6) is 0.182. The van der Waals surface area contributed by atoms with Gasteiger partial charge in [0.2, 0.25) is 11.8 Å². The van der Waals surface area contributed by atoms with Crippen molar-refractivity contribution in [2.45, 2.75) is 65.0 Å². The van der Waals surface area contributed by atoms with Crippen LogP contribution in [0.1, 0.15) is 69.4 Å². The van der Waals surface area contributed by atoms with Gasteiger partial charge in [0.15, 0.2) is 5.82 Å². The SMILES string of the molecule is CCC(c1ccc(F)cc1)N(Cc1cccc(F)c1)C(=O)CCc1nc(C(C)(C)C)no1. The highest BCUT2D eigenvalue weighted by Gasteiger charge is 2.26. The molecule has 0 aliphatic heterocycles.